The highest BCUT2D eigenvalue weighted by atomic mass is 16.5. The summed E-state index contributed by atoms with van der Waals surface area (Å²) >= 11 is 0. The molecule has 2 N–H and O–H groups in total. The fraction of sp³-hybridized carbons (Fsp3) is 0.296. The molecule has 32 heavy (non-hydrogen) atoms. The van der Waals surface area contributed by atoms with Crippen molar-refractivity contribution in [3.8, 4) is 22.6 Å². The van der Waals surface area contributed by atoms with E-state index in [4.69, 9.17) is 14.6 Å². The van der Waals surface area contributed by atoms with Crippen LogP contribution in [0.4, 0.5) is 0 Å². The van der Waals surface area contributed by atoms with Gasteiger partial charge in [0.1, 0.15) is 17.6 Å². The number of carboxylic acids is 1. The van der Waals surface area contributed by atoms with E-state index in [0.29, 0.717) is 11.7 Å². The number of hydrogen-bond donors (Lipinski definition) is 2. The van der Waals surface area contributed by atoms with Crippen LogP contribution in [0.5, 0.6) is 11.5 Å². The summed E-state index contributed by atoms with van der Waals surface area (Å²) in [7, 11) is 0. The van der Waals surface area contributed by atoms with Crippen LogP contribution in [0.2, 0.25) is 0 Å². The van der Waals surface area contributed by atoms with Gasteiger partial charge in [-0.3, -0.25) is 4.79 Å². The second-order valence-corrected chi connectivity index (χ2v) is 8.59. The van der Waals surface area contributed by atoms with E-state index in [2.05, 4.69) is 36.4 Å². The van der Waals surface area contributed by atoms with Crippen molar-refractivity contribution in [1.29, 1.82) is 0 Å². The zero-order valence-corrected chi connectivity index (χ0v) is 17.7. The highest BCUT2D eigenvalue weighted by molar-refractivity contribution is 5.68. The molecule has 5 heteroatoms. The number of benzene rings is 3. The van der Waals surface area contributed by atoms with Crippen LogP contribution in [-0.2, 0) is 11.2 Å². The number of aliphatic carboxylic acids is 1. The average molecular weight is 431 g/mol. The van der Waals surface area contributed by atoms with Gasteiger partial charge in [-0.1, -0.05) is 48.5 Å². The molecule has 2 atom stereocenters. The monoisotopic (exact) mass is 430 g/mol. The number of aliphatic hydroxyl groups is 1. The molecule has 1 aliphatic heterocycles. The molecule has 5 nitrogen and oxygen atoms in total. The third kappa shape index (κ3) is 4.63. The van der Waals surface area contributed by atoms with Gasteiger partial charge in [-0.25, -0.2) is 0 Å². The summed E-state index contributed by atoms with van der Waals surface area (Å²) in [5.41, 5.74) is 5.00. The van der Waals surface area contributed by atoms with E-state index in [0.717, 1.165) is 59.4 Å². The minimum Gasteiger partial charge on any atom is -0.490 e. The zero-order chi connectivity index (χ0) is 22.1. The Morgan fingerprint density at radius 2 is 1.81 bits per heavy atom. The third-order valence-electron chi connectivity index (χ3n) is 6.07. The molecule has 1 heterocycles. The molecule has 5 rings (SSSR count). The van der Waals surface area contributed by atoms with Gasteiger partial charge >= 0.3 is 5.97 Å². The van der Waals surface area contributed by atoms with Crippen molar-refractivity contribution < 1.29 is 24.5 Å². The normalized spacial score (nSPS) is 18.3. The van der Waals surface area contributed by atoms with Gasteiger partial charge in [0.15, 0.2) is 0 Å². The van der Waals surface area contributed by atoms with Crippen LogP contribution in [0.3, 0.4) is 0 Å². The zero-order valence-electron chi connectivity index (χ0n) is 17.7. The van der Waals surface area contributed by atoms with E-state index in [-0.39, 0.29) is 12.5 Å². The van der Waals surface area contributed by atoms with Crippen molar-refractivity contribution in [1.82, 2.24) is 0 Å². The maximum absolute atomic E-state index is 10.9. The Morgan fingerprint density at radius 3 is 2.56 bits per heavy atom. The number of ether oxygens (including phenoxy) is 2. The predicted octanol–water partition coefficient (Wildman–Crippen LogP) is 5.47. The summed E-state index contributed by atoms with van der Waals surface area (Å²) in [6, 6.07) is 22.1. The molecule has 1 fully saturated rings. The SMILES string of the molecule is O=C(O)C[C@@H](O)c1ccc2c(c1)OC(c1ccc(-c3cccc(OC4CC4)c3)cc1)CC2. The predicted molar refractivity (Wildman–Crippen MR) is 121 cm³/mol. The molecule has 3 aromatic rings. The molecule has 2 aliphatic rings. The van der Waals surface area contributed by atoms with E-state index in [1.807, 2.05) is 18.2 Å². The lowest BCUT2D eigenvalue weighted by Gasteiger charge is -2.27. The van der Waals surface area contributed by atoms with E-state index < -0.39 is 12.1 Å². The Bertz CT molecular complexity index is 1120. The van der Waals surface area contributed by atoms with Gasteiger partial charge in [0, 0.05) is 0 Å². The topological polar surface area (TPSA) is 76.0 Å². The Balaban J connectivity index is 1.31. The standard InChI is InChI=1S/C27H26O5/c28-24(16-27(29)30)21-9-8-19-10-13-25(32-26(19)15-21)18-6-4-17(5-7-18)20-2-1-3-23(14-20)31-22-11-12-22/h1-9,14-15,22,24-25,28H,10-13,16H2,(H,29,30)/t24-,25?/m1/s1. The number of hydrogen-bond acceptors (Lipinski definition) is 4. The van der Waals surface area contributed by atoms with Gasteiger partial charge in [0.2, 0.25) is 0 Å². The molecule has 1 aliphatic carbocycles. The number of fused-ring (bicyclic) bond motifs is 1. The van der Waals surface area contributed by atoms with Crippen LogP contribution in [0.1, 0.15) is 54.6 Å². The van der Waals surface area contributed by atoms with Crippen molar-refractivity contribution in [2.24, 2.45) is 0 Å². The molecule has 3 aromatic carbocycles. The van der Waals surface area contributed by atoms with Gasteiger partial charge in [-0.05, 0) is 71.7 Å². The number of aliphatic hydroxyl groups excluding tert-OH is 1. The van der Waals surface area contributed by atoms with Gasteiger partial charge in [0.05, 0.1) is 18.6 Å². The summed E-state index contributed by atoms with van der Waals surface area (Å²) in [6.07, 6.45) is 2.97. The highest BCUT2D eigenvalue weighted by Crippen LogP contribution is 2.37. The van der Waals surface area contributed by atoms with Crippen molar-refractivity contribution in [2.45, 2.75) is 50.4 Å². The number of carboxylic acid groups (broad SMARTS) is 1. The third-order valence-corrected chi connectivity index (χ3v) is 6.07. The number of aryl methyl sites for hydroxylation is 1. The minimum atomic E-state index is -1.04. The van der Waals surface area contributed by atoms with Crippen LogP contribution in [-0.4, -0.2) is 22.3 Å². The Labute approximate surface area is 187 Å². The van der Waals surface area contributed by atoms with Crippen LogP contribution in [0.25, 0.3) is 11.1 Å². The summed E-state index contributed by atoms with van der Waals surface area (Å²) in [6.45, 7) is 0. The quantitative estimate of drug-likeness (QED) is 0.520. The number of rotatable bonds is 7. The highest BCUT2D eigenvalue weighted by Gasteiger charge is 2.24. The fourth-order valence-electron chi connectivity index (χ4n) is 4.13. The smallest absolute Gasteiger partial charge is 0.306 e. The van der Waals surface area contributed by atoms with E-state index >= 15 is 0 Å². The van der Waals surface area contributed by atoms with Crippen molar-refractivity contribution in [3.05, 3.63) is 83.4 Å². The van der Waals surface area contributed by atoms with Crippen LogP contribution in [0.15, 0.2) is 66.7 Å². The summed E-state index contributed by atoms with van der Waals surface area (Å²) in [5, 5.41) is 19.1. The summed E-state index contributed by atoms with van der Waals surface area (Å²) in [4.78, 5) is 10.9. The van der Waals surface area contributed by atoms with Crippen molar-refractivity contribution in [2.75, 3.05) is 0 Å². The van der Waals surface area contributed by atoms with Crippen molar-refractivity contribution in [3.63, 3.8) is 0 Å². The molecule has 0 spiro atoms. The van der Waals surface area contributed by atoms with E-state index in [1.54, 1.807) is 12.1 Å². The van der Waals surface area contributed by atoms with Gasteiger partial charge < -0.3 is 19.7 Å². The Kier molecular flexibility index (Phi) is 5.58. The van der Waals surface area contributed by atoms with Gasteiger partial charge in [-0.15, -0.1) is 0 Å². The maximum Gasteiger partial charge on any atom is 0.306 e. The first-order valence-electron chi connectivity index (χ1n) is 11.1. The molecule has 0 saturated heterocycles. The molecule has 0 aromatic heterocycles. The van der Waals surface area contributed by atoms with Crippen molar-refractivity contribution >= 4 is 5.97 Å². The van der Waals surface area contributed by atoms with E-state index in [1.165, 1.54) is 0 Å². The van der Waals surface area contributed by atoms with Crippen LogP contribution in [0, 0.1) is 0 Å². The lowest BCUT2D eigenvalue weighted by atomic mass is 9.94. The molecule has 1 unspecified atom stereocenters. The van der Waals surface area contributed by atoms with Gasteiger partial charge in [-0.2, -0.15) is 0 Å². The first-order valence-corrected chi connectivity index (χ1v) is 11.1. The molecule has 164 valence electrons. The van der Waals surface area contributed by atoms with Crippen LogP contribution < -0.4 is 9.47 Å². The summed E-state index contributed by atoms with van der Waals surface area (Å²) < 4.78 is 12.2. The molecule has 0 radical (unpaired) electrons. The molecule has 0 bridgehead atoms. The molecular weight excluding hydrogens is 404 g/mol. The largest absolute Gasteiger partial charge is 0.490 e. The second kappa shape index (κ2) is 8.67. The molecule has 1 saturated carbocycles. The first kappa shape index (κ1) is 20.6. The second-order valence-electron chi connectivity index (χ2n) is 8.59. The number of carbonyl (C=O) groups is 1. The Hall–Kier alpha value is -3.31. The minimum absolute atomic E-state index is 0.0760. The lowest BCUT2D eigenvalue weighted by molar-refractivity contribution is -0.139. The summed E-state index contributed by atoms with van der Waals surface area (Å²) in [5.74, 6) is 0.609. The lowest BCUT2D eigenvalue weighted by Crippen LogP contribution is -2.16. The fourth-order valence-corrected chi connectivity index (χ4v) is 4.13. The molecular formula is C27H26O5. The van der Waals surface area contributed by atoms with Crippen LogP contribution >= 0.6 is 0 Å². The van der Waals surface area contributed by atoms with Gasteiger partial charge in [0.25, 0.3) is 0 Å². The first-order chi connectivity index (χ1) is 15.5. The average Bonchev–Trinajstić information content (AvgIpc) is 3.62. The molecule has 0 amide bonds. The maximum atomic E-state index is 10.9. The Morgan fingerprint density at radius 1 is 1.00 bits per heavy atom. The van der Waals surface area contributed by atoms with E-state index in [9.17, 15) is 9.90 Å².